The summed E-state index contributed by atoms with van der Waals surface area (Å²) in [6.45, 7) is 1.56. The Kier molecular flexibility index (Phi) is 3.54. The number of hydrogen-bond donors (Lipinski definition) is 0. The van der Waals surface area contributed by atoms with Gasteiger partial charge in [0.2, 0.25) is 5.88 Å². The lowest BCUT2D eigenvalue weighted by atomic mass is 10.5. The maximum Gasteiger partial charge on any atom is 0.213 e. The third kappa shape index (κ3) is 3.34. The lowest BCUT2D eigenvalue weighted by Crippen LogP contribution is -2.19. The van der Waals surface area contributed by atoms with E-state index in [1.807, 2.05) is 14.1 Å². The summed E-state index contributed by atoms with van der Waals surface area (Å²) in [6.07, 6.45) is 1.67. The van der Waals surface area contributed by atoms with E-state index in [1.165, 1.54) is 0 Å². The molecular weight excluding hydrogens is 152 g/mol. The first-order valence-electron chi connectivity index (χ1n) is 3.88. The first kappa shape index (κ1) is 9.00. The maximum atomic E-state index is 5.33. The number of ether oxygens (including phenoxy) is 1. The van der Waals surface area contributed by atoms with Gasteiger partial charge in [0, 0.05) is 18.8 Å². The van der Waals surface area contributed by atoms with E-state index in [-0.39, 0.29) is 0 Å². The molecule has 3 nitrogen and oxygen atoms in total. The van der Waals surface area contributed by atoms with Gasteiger partial charge < -0.3 is 9.64 Å². The molecule has 1 aromatic heterocycles. The second-order valence-corrected chi connectivity index (χ2v) is 2.75. The van der Waals surface area contributed by atoms with Gasteiger partial charge in [0.15, 0.2) is 0 Å². The number of pyridine rings is 1. The molecule has 0 spiro atoms. The van der Waals surface area contributed by atoms with E-state index < -0.39 is 0 Å². The molecule has 0 amide bonds. The predicted molar refractivity (Wildman–Crippen MR) is 47.1 cm³/mol. The minimum Gasteiger partial charge on any atom is -0.476 e. The van der Waals surface area contributed by atoms with Crippen molar-refractivity contribution in [3.63, 3.8) is 0 Å². The van der Waals surface area contributed by atoms with Gasteiger partial charge in [-0.3, -0.25) is 0 Å². The fourth-order valence-corrected chi connectivity index (χ4v) is 0.722. The quantitative estimate of drug-likeness (QED) is 0.660. The lowest BCUT2D eigenvalue weighted by molar-refractivity contribution is 0.254. The van der Waals surface area contributed by atoms with E-state index in [4.69, 9.17) is 4.74 Å². The predicted octanol–water partition coefficient (Wildman–Crippen LogP) is 0.822. The van der Waals surface area contributed by atoms with Crippen molar-refractivity contribution in [2.24, 2.45) is 0 Å². The van der Waals surface area contributed by atoms with Gasteiger partial charge in [-0.05, 0) is 26.2 Å². The first-order chi connectivity index (χ1) is 5.79. The molecular formula is C9H13N2O. The smallest absolute Gasteiger partial charge is 0.213 e. The number of nitrogens with zero attached hydrogens (tertiary/aromatic N) is 2. The zero-order valence-corrected chi connectivity index (χ0v) is 7.45. The van der Waals surface area contributed by atoms with Crippen LogP contribution in [0.25, 0.3) is 0 Å². The van der Waals surface area contributed by atoms with E-state index in [1.54, 1.807) is 18.3 Å². The summed E-state index contributed by atoms with van der Waals surface area (Å²) in [5.41, 5.74) is 0. The fourth-order valence-electron chi connectivity index (χ4n) is 0.722. The standard InChI is InChI=1S/C9H13N2O/c1-11(2)7-8-12-9-5-3-4-6-10-9/h4-6H,7-8H2,1-2H3. The second-order valence-electron chi connectivity index (χ2n) is 2.75. The van der Waals surface area contributed by atoms with Crippen LogP contribution in [0.2, 0.25) is 0 Å². The van der Waals surface area contributed by atoms with E-state index >= 15 is 0 Å². The van der Waals surface area contributed by atoms with Crippen molar-refractivity contribution in [3.8, 4) is 5.88 Å². The van der Waals surface area contributed by atoms with Crippen molar-refractivity contribution >= 4 is 0 Å². The molecule has 1 aromatic rings. The van der Waals surface area contributed by atoms with Gasteiger partial charge in [0.1, 0.15) is 6.61 Å². The molecule has 0 unspecified atom stereocenters. The summed E-state index contributed by atoms with van der Waals surface area (Å²) >= 11 is 0. The Labute approximate surface area is 73.0 Å². The van der Waals surface area contributed by atoms with Crippen LogP contribution >= 0.6 is 0 Å². The summed E-state index contributed by atoms with van der Waals surface area (Å²) in [7, 11) is 4.02. The number of rotatable bonds is 4. The van der Waals surface area contributed by atoms with E-state index in [9.17, 15) is 0 Å². The first-order valence-corrected chi connectivity index (χ1v) is 3.88. The van der Waals surface area contributed by atoms with Crippen molar-refractivity contribution in [1.29, 1.82) is 0 Å². The summed E-state index contributed by atoms with van der Waals surface area (Å²) in [5, 5.41) is 0. The Morgan fingerprint density at radius 2 is 2.42 bits per heavy atom. The molecule has 0 aromatic carbocycles. The second kappa shape index (κ2) is 4.72. The molecule has 1 heterocycles. The number of aromatic nitrogens is 1. The fraction of sp³-hybridized carbons (Fsp3) is 0.444. The van der Waals surface area contributed by atoms with Crippen LogP contribution in [0.15, 0.2) is 18.3 Å². The molecule has 0 aliphatic heterocycles. The Morgan fingerprint density at radius 1 is 1.58 bits per heavy atom. The van der Waals surface area contributed by atoms with Crippen LogP contribution in [-0.4, -0.2) is 37.1 Å². The minimum atomic E-state index is 0.638. The van der Waals surface area contributed by atoms with Gasteiger partial charge in [0.25, 0.3) is 0 Å². The van der Waals surface area contributed by atoms with E-state index in [2.05, 4.69) is 16.0 Å². The maximum absolute atomic E-state index is 5.33. The highest BCUT2D eigenvalue weighted by Gasteiger charge is 1.93. The molecule has 0 fully saturated rings. The highest BCUT2D eigenvalue weighted by Crippen LogP contribution is 2.01. The van der Waals surface area contributed by atoms with Crippen LogP contribution in [0.1, 0.15) is 0 Å². The van der Waals surface area contributed by atoms with Gasteiger partial charge in [-0.1, -0.05) is 0 Å². The third-order valence-corrected chi connectivity index (χ3v) is 1.37. The molecule has 0 aliphatic rings. The van der Waals surface area contributed by atoms with Gasteiger partial charge in [-0.25, -0.2) is 4.98 Å². The van der Waals surface area contributed by atoms with Crippen LogP contribution in [0, 0.1) is 6.07 Å². The summed E-state index contributed by atoms with van der Waals surface area (Å²) in [5.74, 6) is 0.638. The molecule has 0 N–H and O–H groups in total. The van der Waals surface area contributed by atoms with Crippen LogP contribution < -0.4 is 4.74 Å². The molecule has 12 heavy (non-hydrogen) atoms. The average Bonchev–Trinajstić information content (AvgIpc) is 2.05. The summed E-state index contributed by atoms with van der Waals surface area (Å²) in [4.78, 5) is 6.07. The molecule has 3 heteroatoms. The van der Waals surface area contributed by atoms with Crippen molar-refractivity contribution in [1.82, 2.24) is 9.88 Å². The number of likely N-dealkylation sites (N-methyl/N-ethyl adjacent to an activating group) is 1. The highest BCUT2D eigenvalue weighted by atomic mass is 16.5. The molecule has 0 saturated carbocycles. The Bertz CT molecular complexity index is 211. The van der Waals surface area contributed by atoms with Gasteiger partial charge in [0.05, 0.1) is 0 Å². The molecule has 65 valence electrons. The van der Waals surface area contributed by atoms with Crippen LogP contribution in [0.4, 0.5) is 0 Å². The van der Waals surface area contributed by atoms with Gasteiger partial charge in [-0.15, -0.1) is 0 Å². The molecule has 0 aliphatic carbocycles. The van der Waals surface area contributed by atoms with Crippen molar-refractivity contribution in [3.05, 3.63) is 24.4 Å². The van der Waals surface area contributed by atoms with E-state index in [0.717, 1.165) is 6.54 Å². The molecule has 0 atom stereocenters. The topological polar surface area (TPSA) is 25.4 Å². The van der Waals surface area contributed by atoms with Crippen LogP contribution in [0.3, 0.4) is 0 Å². The molecule has 0 bridgehead atoms. The summed E-state index contributed by atoms with van der Waals surface area (Å²) in [6, 6.07) is 6.38. The SMILES string of the molecule is CN(C)CCOc1c[c]ccn1. The molecule has 1 radical (unpaired) electrons. The number of hydrogen-bond acceptors (Lipinski definition) is 3. The third-order valence-electron chi connectivity index (χ3n) is 1.37. The Hall–Kier alpha value is -1.09. The zero-order valence-electron chi connectivity index (χ0n) is 7.45. The van der Waals surface area contributed by atoms with Crippen molar-refractivity contribution in [2.75, 3.05) is 27.2 Å². The minimum absolute atomic E-state index is 0.638. The largest absolute Gasteiger partial charge is 0.476 e. The van der Waals surface area contributed by atoms with Crippen LogP contribution in [-0.2, 0) is 0 Å². The van der Waals surface area contributed by atoms with Gasteiger partial charge in [-0.2, -0.15) is 0 Å². The Balaban J connectivity index is 2.25. The van der Waals surface area contributed by atoms with Gasteiger partial charge >= 0.3 is 0 Å². The van der Waals surface area contributed by atoms with Crippen molar-refractivity contribution < 1.29 is 4.74 Å². The van der Waals surface area contributed by atoms with E-state index in [0.29, 0.717) is 12.5 Å². The average molecular weight is 165 g/mol. The monoisotopic (exact) mass is 165 g/mol. The molecule has 0 saturated heterocycles. The summed E-state index contributed by atoms with van der Waals surface area (Å²) < 4.78 is 5.33. The molecule has 1 rings (SSSR count). The normalized spacial score (nSPS) is 10.2. The van der Waals surface area contributed by atoms with Crippen molar-refractivity contribution in [2.45, 2.75) is 0 Å². The zero-order chi connectivity index (χ0) is 8.81. The Morgan fingerprint density at radius 3 is 3.00 bits per heavy atom. The highest BCUT2D eigenvalue weighted by molar-refractivity contribution is 5.07. The lowest BCUT2D eigenvalue weighted by Gasteiger charge is -2.09. The van der Waals surface area contributed by atoms with Crippen LogP contribution in [0.5, 0.6) is 5.88 Å².